The minimum absolute atomic E-state index is 0.290. The van der Waals surface area contributed by atoms with Crippen molar-refractivity contribution in [1.29, 1.82) is 0 Å². The molecule has 2 nitrogen and oxygen atoms in total. The van der Waals surface area contributed by atoms with Crippen molar-refractivity contribution < 1.29 is 0 Å². The van der Waals surface area contributed by atoms with Crippen molar-refractivity contribution in [2.45, 2.75) is 60.8 Å². The van der Waals surface area contributed by atoms with E-state index in [4.69, 9.17) is 0 Å². The standard InChI is InChI=1S/C39H46N2/c1-8-16-32(9-2)40(33-17-12-10-13-18-33)36-25-27-37(28-26-36)41(34-19-14-11-15-20-34)35-23-21-31(22-24-35)38(30(3)4)29-39(5,6)7/h8-28,30,38H,29H2,1-7H3/b16-8-,32-9+. The minimum Gasteiger partial charge on any atom is -0.311 e. The fraction of sp³-hybridized carbons (Fsp3) is 0.282. The number of benzene rings is 4. The molecule has 1 unspecified atom stereocenters. The molecule has 0 N–H and O–H groups in total. The van der Waals surface area contributed by atoms with Crippen molar-refractivity contribution in [3.63, 3.8) is 0 Å². The molecular formula is C39H46N2. The molecule has 0 aromatic heterocycles. The van der Waals surface area contributed by atoms with Crippen LogP contribution in [0.3, 0.4) is 0 Å². The van der Waals surface area contributed by atoms with Crippen LogP contribution in [0.4, 0.5) is 28.4 Å². The number of rotatable bonds is 10. The first-order chi connectivity index (χ1) is 19.7. The van der Waals surface area contributed by atoms with E-state index in [9.17, 15) is 0 Å². The number of nitrogens with zero attached hydrogens (tertiary/aromatic N) is 2. The van der Waals surface area contributed by atoms with Crippen LogP contribution in [0.15, 0.2) is 133 Å². The molecule has 0 radical (unpaired) electrons. The molecule has 0 amide bonds. The highest BCUT2D eigenvalue weighted by atomic mass is 15.2. The van der Waals surface area contributed by atoms with Gasteiger partial charge >= 0.3 is 0 Å². The quantitative estimate of drug-likeness (QED) is 0.184. The molecule has 0 spiro atoms. The van der Waals surface area contributed by atoms with Crippen LogP contribution in [-0.4, -0.2) is 0 Å². The molecule has 0 bridgehead atoms. The van der Waals surface area contributed by atoms with Gasteiger partial charge in [-0.25, -0.2) is 0 Å². The van der Waals surface area contributed by atoms with Crippen LogP contribution in [0.25, 0.3) is 0 Å². The van der Waals surface area contributed by atoms with Crippen LogP contribution in [0.2, 0.25) is 0 Å². The summed E-state index contributed by atoms with van der Waals surface area (Å²) in [5, 5.41) is 0. The molecule has 0 aliphatic heterocycles. The van der Waals surface area contributed by atoms with Gasteiger partial charge in [-0.3, -0.25) is 0 Å². The number of hydrogen-bond donors (Lipinski definition) is 0. The Morgan fingerprint density at radius 1 is 0.634 bits per heavy atom. The second-order valence-corrected chi connectivity index (χ2v) is 12.3. The van der Waals surface area contributed by atoms with E-state index < -0.39 is 0 Å². The predicted molar refractivity (Wildman–Crippen MR) is 180 cm³/mol. The smallest absolute Gasteiger partial charge is 0.0463 e. The summed E-state index contributed by atoms with van der Waals surface area (Å²) in [5.74, 6) is 1.13. The summed E-state index contributed by atoms with van der Waals surface area (Å²) >= 11 is 0. The third-order valence-electron chi connectivity index (χ3n) is 7.50. The van der Waals surface area contributed by atoms with E-state index in [0.717, 1.165) is 34.1 Å². The van der Waals surface area contributed by atoms with Gasteiger partial charge in [0.25, 0.3) is 0 Å². The lowest BCUT2D eigenvalue weighted by atomic mass is 9.76. The van der Waals surface area contributed by atoms with Gasteiger partial charge in [0.2, 0.25) is 0 Å². The van der Waals surface area contributed by atoms with Crippen molar-refractivity contribution in [3.05, 3.63) is 139 Å². The first-order valence-electron chi connectivity index (χ1n) is 14.9. The molecule has 4 aromatic rings. The Bertz CT molecular complexity index is 1410. The average molecular weight is 543 g/mol. The second-order valence-electron chi connectivity index (χ2n) is 12.3. The SMILES string of the molecule is C/C=C\C(=C/C)N(c1ccccc1)c1ccc(N(c2ccccc2)c2ccc(C(CC(C)(C)C)C(C)C)cc2)cc1. The summed E-state index contributed by atoms with van der Waals surface area (Å²) in [6.07, 6.45) is 7.57. The Morgan fingerprint density at radius 2 is 1.07 bits per heavy atom. The minimum atomic E-state index is 0.290. The summed E-state index contributed by atoms with van der Waals surface area (Å²) in [5.41, 5.74) is 8.54. The van der Waals surface area contributed by atoms with Gasteiger partial charge in [-0.15, -0.1) is 0 Å². The van der Waals surface area contributed by atoms with Gasteiger partial charge in [-0.1, -0.05) is 95.3 Å². The highest BCUT2D eigenvalue weighted by molar-refractivity contribution is 5.79. The molecular weight excluding hydrogens is 496 g/mol. The van der Waals surface area contributed by atoms with E-state index in [1.165, 1.54) is 12.0 Å². The highest BCUT2D eigenvalue weighted by Crippen LogP contribution is 2.40. The number of hydrogen-bond acceptors (Lipinski definition) is 2. The fourth-order valence-corrected chi connectivity index (χ4v) is 5.54. The average Bonchev–Trinajstić information content (AvgIpc) is 2.97. The molecule has 0 saturated heterocycles. The van der Waals surface area contributed by atoms with Crippen LogP contribution < -0.4 is 9.80 Å². The Morgan fingerprint density at radius 3 is 1.54 bits per heavy atom. The number of allylic oxidation sites excluding steroid dienone is 3. The molecule has 212 valence electrons. The maximum absolute atomic E-state index is 2.34. The third-order valence-corrected chi connectivity index (χ3v) is 7.50. The predicted octanol–water partition coefficient (Wildman–Crippen LogP) is 12.0. The zero-order valence-electron chi connectivity index (χ0n) is 25.9. The van der Waals surface area contributed by atoms with Crippen molar-refractivity contribution in [3.8, 4) is 0 Å². The third kappa shape index (κ3) is 7.58. The summed E-state index contributed by atoms with van der Waals surface area (Å²) in [4.78, 5) is 4.64. The lowest BCUT2D eigenvalue weighted by Gasteiger charge is -2.31. The van der Waals surface area contributed by atoms with Crippen LogP contribution in [0.5, 0.6) is 0 Å². The first kappa shape index (κ1) is 29.9. The lowest BCUT2D eigenvalue weighted by Crippen LogP contribution is -2.17. The Balaban J connectivity index is 1.73. The molecule has 4 rings (SSSR count). The Kier molecular flexibility index (Phi) is 9.89. The molecule has 0 aliphatic carbocycles. The number of anilines is 5. The van der Waals surface area contributed by atoms with Crippen molar-refractivity contribution in [1.82, 2.24) is 0 Å². The van der Waals surface area contributed by atoms with E-state index in [0.29, 0.717) is 17.3 Å². The zero-order chi connectivity index (χ0) is 29.4. The van der Waals surface area contributed by atoms with E-state index >= 15 is 0 Å². The monoisotopic (exact) mass is 542 g/mol. The molecule has 0 saturated carbocycles. The van der Waals surface area contributed by atoms with E-state index in [2.05, 4.69) is 186 Å². The van der Waals surface area contributed by atoms with Gasteiger partial charge in [0.1, 0.15) is 0 Å². The molecule has 0 aliphatic rings. The van der Waals surface area contributed by atoms with Gasteiger partial charge < -0.3 is 9.80 Å². The molecule has 41 heavy (non-hydrogen) atoms. The molecule has 0 heterocycles. The molecule has 1 atom stereocenters. The summed E-state index contributed by atoms with van der Waals surface area (Å²) in [6, 6.07) is 39.3. The number of para-hydroxylation sites is 2. The molecule has 0 fully saturated rings. The van der Waals surface area contributed by atoms with E-state index in [-0.39, 0.29) is 0 Å². The maximum Gasteiger partial charge on any atom is 0.0463 e. The van der Waals surface area contributed by atoms with Gasteiger partial charge in [0.15, 0.2) is 0 Å². The fourth-order valence-electron chi connectivity index (χ4n) is 5.54. The van der Waals surface area contributed by atoms with Crippen molar-refractivity contribution in [2.24, 2.45) is 11.3 Å². The van der Waals surface area contributed by atoms with E-state index in [1.54, 1.807) is 0 Å². The Hall–Kier alpha value is -4.04. The second kappa shape index (κ2) is 13.5. The normalized spacial score (nSPS) is 13.0. The van der Waals surface area contributed by atoms with Gasteiger partial charge in [-0.05, 0) is 110 Å². The first-order valence-corrected chi connectivity index (χ1v) is 14.9. The van der Waals surface area contributed by atoms with Crippen molar-refractivity contribution >= 4 is 28.4 Å². The van der Waals surface area contributed by atoms with Crippen LogP contribution in [0, 0.1) is 11.3 Å². The van der Waals surface area contributed by atoms with Crippen LogP contribution in [-0.2, 0) is 0 Å². The van der Waals surface area contributed by atoms with Crippen molar-refractivity contribution in [2.75, 3.05) is 9.80 Å². The van der Waals surface area contributed by atoms with Gasteiger partial charge in [0, 0.05) is 34.1 Å². The summed E-state index contributed by atoms with van der Waals surface area (Å²) < 4.78 is 0. The highest BCUT2D eigenvalue weighted by Gasteiger charge is 2.23. The zero-order valence-corrected chi connectivity index (χ0v) is 25.9. The largest absolute Gasteiger partial charge is 0.311 e. The lowest BCUT2D eigenvalue weighted by molar-refractivity contribution is 0.301. The molecule has 4 aromatic carbocycles. The van der Waals surface area contributed by atoms with E-state index in [1.807, 2.05) is 0 Å². The topological polar surface area (TPSA) is 6.48 Å². The Labute approximate surface area is 248 Å². The summed E-state index contributed by atoms with van der Waals surface area (Å²) in [7, 11) is 0. The molecule has 2 heteroatoms. The maximum atomic E-state index is 2.34. The van der Waals surface area contributed by atoms with Crippen LogP contribution in [0.1, 0.15) is 66.4 Å². The van der Waals surface area contributed by atoms with Gasteiger partial charge in [0.05, 0.1) is 0 Å². The summed E-state index contributed by atoms with van der Waals surface area (Å²) in [6.45, 7) is 15.9. The van der Waals surface area contributed by atoms with Gasteiger partial charge in [-0.2, -0.15) is 0 Å². The van der Waals surface area contributed by atoms with Crippen LogP contribution >= 0.6 is 0 Å².